The number of nitrogens with one attached hydrogen (secondary N) is 2. The Hall–Kier alpha value is -1.08. The fraction of sp³-hybridized carbons (Fsp3) is 0.818. The standard InChI is InChI=1S/C11H17N3O/c12-6-5-11(3-4-11)8-13-7-9-1-2-10(15)14-9/h9,13H,1-5,7-8H2,(H,14,15). The van der Waals surface area contributed by atoms with Gasteiger partial charge in [-0.25, -0.2) is 0 Å². The SMILES string of the molecule is N#CCC1(CNCC2CCC(=O)N2)CC1. The Balaban J connectivity index is 1.63. The molecule has 1 atom stereocenters. The highest BCUT2D eigenvalue weighted by molar-refractivity contribution is 5.78. The minimum Gasteiger partial charge on any atom is -0.352 e. The van der Waals surface area contributed by atoms with Crippen molar-refractivity contribution in [3.8, 4) is 6.07 Å². The molecule has 1 aliphatic carbocycles. The van der Waals surface area contributed by atoms with Crippen molar-refractivity contribution < 1.29 is 4.79 Å². The van der Waals surface area contributed by atoms with Gasteiger partial charge in [0, 0.05) is 32.0 Å². The van der Waals surface area contributed by atoms with E-state index < -0.39 is 0 Å². The quantitative estimate of drug-likeness (QED) is 0.692. The molecule has 1 aliphatic heterocycles. The predicted molar refractivity (Wildman–Crippen MR) is 55.9 cm³/mol. The third-order valence-corrected chi connectivity index (χ3v) is 3.39. The first-order valence-electron chi connectivity index (χ1n) is 5.61. The molecule has 0 aromatic carbocycles. The van der Waals surface area contributed by atoms with E-state index in [1.807, 2.05) is 0 Å². The van der Waals surface area contributed by atoms with Crippen LogP contribution in [0.4, 0.5) is 0 Å². The van der Waals surface area contributed by atoms with Gasteiger partial charge in [0.05, 0.1) is 6.07 Å². The Kier molecular flexibility index (Phi) is 2.92. The van der Waals surface area contributed by atoms with Crippen LogP contribution in [0.1, 0.15) is 32.1 Å². The van der Waals surface area contributed by atoms with Crippen LogP contribution in [0.5, 0.6) is 0 Å². The summed E-state index contributed by atoms with van der Waals surface area (Å²) in [4.78, 5) is 10.9. The lowest BCUT2D eigenvalue weighted by molar-refractivity contribution is -0.119. The molecule has 0 aromatic heterocycles. The maximum absolute atomic E-state index is 10.9. The lowest BCUT2D eigenvalue weighted by Gasteiger charge is -2.15. The molecule has 0 bridgehead atoms. The van der Waals surface area contributed by atoms with E-state index in [1.165, 1.54) is 12.8 Å². The highest BCUT2D eigenvalue weighted by atomic mass is 16.1. The smallest absolute Gasteiger partial charge is 0.220 e. The molecule has 0 spiro atoms. The minimum absolute atomic E-state index is 0.167. The molecular formula is C11H17N3O. The zero-order valence-corrected chi connectivity index (χ0v) is 8.88. The van der Waals surface area contributed by atoms with Crippen molar-refractivity contribution in [2.24, 2.45) is 5.41 Å². The fourth-order valence-corrected chi connectivity index (χ4v) is 2.10. The molecule has 2 aliphatic rings. The van der Waals surface area contributed by atoms with E-state index in [0.29, 0.717) is 18.9 Å². The average Bonchev–Trinajstić information content (AvgIpc) is 2.83. The number of rotatable bonds is 5. The van der Waals surface area contributed by atoms with E-state index in [0.717, 1.165) is 19.5 Å². The third kappa shape index (κ3) is 2.69. The highest BCUT2D eigenvalue weighted by Crippen LogP contribution is 2.47. The Labute approximate surface area is 90.0 Å². The van der Waals surface area contributed by atoms with Crippen LogP contribution in [0, 0.1) is 16.7 Å². The number of carbonyl (C=O) groups is 1. The van der Waals surface area contributed by atoms with Gasteiger partial charge in [-0.15, -0.1) is 0 Å². The number of nitriles is 1. The Morgan fingerprint density at radius 3 is 2.93 bits per heavy atom. The van der Waals surface area contributed by atoms with Crippen LogP contribution in [-0.2, 0) is 4.79 Å². The summed E-state index contributed by atoms with van der Waals surface area (Å²) in [5.74, 6) is 0.167. The molecule has 1 saturated carbocycles. The molecule has 0 aromatic rings. The highest BCUT2D eigenvalue weighted by Gasteiger charge is 2.41. The maximum Gasteiger partial charge on any atom is 0.220 e. The van der Waals surface area contributed by atoms with Crippen LogP contribution in [-0.4, -0.2) is 25.0 Å². The summed E-state index contributed by atoms with van der Waals surface area (Å²) in [5, 5.41) is 14.9. The molecule has 2 N–H and O–H groups in total. The summed E-state index contributed by atoms with van der Waals surface area (Å²) in [6.45, 7) is 1.77. The van der Waals surface area contributed by atoms with Gasteiger partial charge in [-0.3, -0.25) is 4.79 Å². The topological polar surface area (TPSA) is 64.9 Å². The van der Waals surface area contributed by atoms with Gasteiger partial charge in [0.2, 0.25) is 5.91 Å². The van der Waals surface area contributed by atoms with Crippen molar-refractivity contribution in [1.82, 2.24) is 10.6 Å². The van der Waals surface area contributed by atoms with Crippen LogP contribution in [0.2, 0.25) is 0 Å². The van der Waals surface area contributed by atoms with Crippen LogP contribution >= 0.6 is 0 Å². The number of carbonyl (C=O) groups excluding carboxylic acids is 1. The van der Waals surface area contributed by atoms with Crippen molar-refractivity contribution in [2.45, 2.75) is 38.1 Å². The molecule has 4 heteroatoms. The molecule has 4 nitrogen and oxygen atoms in total. The van der Waals surface area contributed by atoms with E-state index >= 15 is 0 Å². The monoisotopic (exact) mass is 207 g/mol. The van der Waals surface area contributed by atoms with Gasteiger partial charge in [0.25, 0.3) is 0 Å². The second-order valence-corrected chi connectivity index (χ2v) is 4.77. The van der Waals surface area contributed by atoms with E-state index in [4.69, 9.17) is 5.26 Å². The number of amides is 1. The van der Waals surface area contributed by atoms with Gasteiger partial charge >= 0.3 is 0 Å². The first-order chi connectivity index (χ1) is 7.24. The van der Waals surface area contributed by atoms with Crippen LogP contribution in [0.15, 0.2) is 0 Å². The fourth-order valence-electron chi connectivity index (χ4n) is 2.10. The van der Waals surface area contributed by atoms with Gasteiger partial charge in [-0.2, -0.15) is 5.26 Å². The molecule has 0 radical (unpaired) electrons. The second-order valence-electron chi connectivity index (χ2n) is 4.77. The molecule has 1 saturated heterocycles. The van der Waals surface area contributed by atoms with Crippen LogP contribution in [0.3, 0.4) is 0 Å². The predicted octanol–water partition coefficient (Wildman–Crippen LogP) is 0.548. The molecule has 1 unspecified atom stereocenters. The average molecular weight is 207 g/mol. The Morgan fingerprint density at radius 2 is 2.40 bits per heavy atom. The first kappa shape index (κ1) is 10.4. The Morgan fingerprint density at radius 1 is 1.60 bits per heavy atom. The Bertz CT molecular complexity index is 291. The van der Waals surface area contributed by atoms with Gasteiger partial charge in [-0.05, 0) is 24.7 Å². The van der Waals surface area contributed by atoms with Gasteiger partial charge in [0.1, 0.15) is 0 Å². The maximum atomic E-state index is 10.9. The summed E-state index contributed by atoms with van der Waals surface area (Å²) < 4.78 is 0. The van der Waals surface area contributed by atoms with Crippen LogP contribution < -0.4 is 10.6 Å². The number of hydrogen-bond donors (Lipinski definition) is 2. The molecule has 82 valence electrons. The molecule has 1 heterocycles. The van der Waals surface area contributed by atoms with Gasteiger partial charge in [0.15, 0.2) is 0 Å². The summed E-state index contributed by atoms with van der Waals surface area (Å²) in [7, 11) is 0. The zero-order chi connectivity index (χ0) is 10.7. The van der Waals surface area contributed by atoms with Crippen molar-refractivity contribution in [3.05, 3.63) is 0 Å². The van der Waals surface area contributed by atoms with E-state index in [9.17, 15) is 4.79 Å². The lowest BCUT2D eigenvalue weighted by atomic mass is 10.0. The summed E-state index contributed by atoms with van der Waals surface area (Å²) >= 11 is 0. The third-order valence-electron chi connectivity index (χ3n) is 3.39. The molecule has 2 rings (SSSR count). The van der Waals surface area contributed by atoms with E-state index in [1.54, 1.807) is 0 Å². The summed E-state index contributed by atoms with van der Waals surface area (Å²) in [6.07, 6.45) is 4.61. The normalized spacial score (nSPS) is 27.1. The number of hydrogen-bond acceptors (Lipinski definition) is 3. The molecule has 15 heavy (non-hydrogen) atoms. The summed E-state index contributed by atoms with van der Waals surface area (Å²) in [6, 6.07) is 2.55. The lowest BCUT2D eigenvalue weighted by Crippen LogP contribution is -2.37. The summed E-state index contributed by atoms with van der Waals surface area (Å²) in [5.41, 5.74) is 0.261. The van der Waals surface area contributed by atoms with E-state index in [2.05, 4.69) is 16.7 Å². The number of nitrogens with zero attached hydrogens (tertiary/aromatic N) is 1. The molecule has 1 amide bonds. The van der Waals surface area contributed by atoms with Crippen molar-refractivity contribution in [1.29, 1.82) is 5.26 Å². The van der Waals surface area contributed by atoms with Crippen molar-refractivity contribution >= 4 is 5.91 Å². The molecular weight excluding hydrogens is 190 g/mol. The molecule has 2 fully saturated rings. The van der Waals surface area contributed by atoms with E-state index in [-0.39, 0.29) is 11.3 Å². The van der Waals surface area contributed by atoms with Gasteiger partial charge in [-0.1, -0.05) is 0 Å². The largest absolute Gasteiger partial charge is 0.352 e. The van der Waals surface area contributed by atoms with Crippen molar-refractivity contribution in [2.75, 3.05) is 13.1 Å². The van der Waals surface area contributed by atoms with Gasteiger partial charge < -0.3 is 10.6 Å². The zero-order valence-electron chi connectivity index (χ0n) is 8.88. The van der Waals surface area contributed by atoms with Crippen molar-refractivity contribution in [3.63, 3.8) is 0 Å². The minimum atomic E-state index is 0.167. The second kappa shape index (κ2) is 4.19. The first-order valence-corrected chi connectivity index (χ1v) is 5.61. The van der Waals surface area contributed by atoms with Crippen LogP contribution in [0.25, 0.3) is 0 Å².